The Kier molecular flexibility index (Phi) is 7.10. The number of aryl methyl sites for hydroxylation is 1. The molecule has 0 spiro atoms. The molecule has 6 heteroatoms. The van der Waals surface area contributed by atoms with Crippen molar-refractivity contribution in [1.29, 1.82) is 0 Å². The zero-order valence-electron chi connectivity index (χ0n) is 17.5. The lowest BCUT2D eigenvalue weighted by molar-refractivity contribution is -0.134. The predicted octanol–water partition coefficient (Wildman–Crippen LogP) is 4.95. The van der Waals surface area contributed by atoms with Gasteiger partial charge in [0.25, 0.3) is 5.91 Å². The number of benzene rings is 2. The minimum Gasteiger partial charge on any atom is -0.339 e. The lowest BCUT2D eigenvalue weighted by atomic mass is 9.95. The van der Waals surface area contributed by atoms with Crippen LogP contribution in [-0.2, 0) is 17.6 Å². The van der Waals surface area contributed by atoms with Gasteiger partial charge in [0.1, 0.15) is 0 Å². The average Bonchev–Trinajstić information content (AvgIpc) is 3.25. The van der Waals surface area contributed by atoms with Crippen molar-refractivity contribution in [2.24, 2.45) is 0 Å². The number of anilines is 1. The van der Waals surface area contributed by atoms with Gasteiger partial charge in [-0.3, -0.25) is 14.9 Å². The normalized spacial score (nSPS) is 16.1. The van der Waals surface area contributed by atoms with Crippen molar-refractivity contribution < 1.29 is 9.59 Å². The first-order valence-electron chi connectivity index (χ1n) is 10.8. The van der Waals surface area contributed by atoms with E-state index in [2.05, 4.69) is 34.6 Å². The second kappa shape index (κ2) is 10.4. The molecule has 1 aliphatic rings. The van der Waals surface area contributed by atoms with Gasteiger partial charge >= 0.3 is 0 Å². The van der Waals surface area contributed by atoms with Crippen LogP contribution in [-0.4, -0.2) is 34.3 Å². The molecule has 1 fully saturated rings. The van der Waals surface area contributed by atoms with Crippen LogP contribution >= 0.6 is 11.3 Å². The fraction of sp³-hybridized carbons (Fsp3) is 0.320. The second-order valence-electron chi connectivity index (χ2n) is 7.90. The van der Waals surface area contributed by atoms with Crippen LogP contribution in [0.5, 0.6) is 0 Å². The Morgan fingerprint density at radius 1 is 1.03 bits per heavy atom. The Morgan fingerprint density at radius 2 is 1.77 bits per heavy atom. The van der Waals surface area contributed by atoms with Crippen molar-refractivity contribution in [3.8, 4) is 0 Å². The molecule has 1 saturated heterocycles. The van der Waals surface area contributed by atoms with Crippen molar-refractivity contribution in [3.05, 3.63) is 82.9 Å². The number of hydrogen-bond acceptors (Lipinski definition) is 4. The number of carbonyl (C=O) groups excluding carboxylic acids is 2. The van der Waals surface area contributed by atoms with Crippen LogP contribution < -0.4 is 5.32 Å². The Morgan fingerprint density at radius 3 is 2.55 bits per heavy atom. The van der Waals surface area contributed by atoms with E-state index in [4.69, 9.17) is 0 Å². The van der Waals surface area contributed by atoms with Gasteiger partial charge in [-0.1, -0.05) is 48.5 Å². The van der Waals surface area contributed by atoms with Crippen molar-refractivity contribution in [2.45, 2.75) is 44.6 Å². The summed E-state index contributed by atoms with van der Waals surface area (Å²) in [5, 5.41) is 5.21. The van der Waals surface area contributed by atoms with Crippen LogP contribution in [0.15, 0.2) is 66.0 Å². The van der Waals surface area contributed by atoms with Gasteiger partial charge in [-0.2, -0.15) is 0 Å². The Hall–Kier alpha value is -2.99. The highest BCUT2D eigenvalue weighted by Crippen LogP contribution is 2.23. The fourth-order valence-corrected chi connectivity index (χ4v) is 4.77. The van der Waals surface area contributed by atoms with Crippen molar-refractivity contribution in [3.63, 3.8) is 0 Å². The summed E-state index contributed by atoms with van der Waals surface area (Å²) in [7, 11) is 0. The van der Waals surface area contributed by atoms with E-state index in [1.165, 1.54) is 23.3 Å². The van der Waals surface area contributed by atoms with Gasteiger partial charge in [-0.25, -0.2) is 4.98 Å². The molecule has 0 saturated carbocycles. The molecule has 2 heterocycles. The van der Waals surface area contributed by atoms with E-state index in [-0.39, 0.29) is 24.3 Å². The van der Waals surface area contributed by atoms with Gasteiger partial charge in [-0.05, 0) is 49.8 Å². The molecule has 1 unspecified atom stereocenters. The molecule has 160 valence electrons. The number of hydrogen-bond donors (Lipinski definition) is 1. The molecule has 5 nitrogen and oxygen atoms in total. The van der Waals surface area contributed by atoms with E-state index < -0.39 is 0 Å². The molecule has 1 aliphatic heterocycles. The van der Waals surface area contributed by atoms with Gasteiger partial charge in [0.2, 0.25) is 5.91 Å². The van der Waals surface area contributed by atoms with Gasteiger partial charge in [0, 0.05) is 23.5 Å². The first kappa shape index (κ1) is 21.2. The van der Waals surface area contributed by atoms with Gasteiger partial charge in [0.15, 0.2) is 5.13 Å². The van der Waals surface area contributed by atoms with Crippen LogP contribution in [0.4, 0.5) is 5.13 Å². The maximum atomic E-state index is 13.0. The first-order valence-corrected chi connectivity index (χ1v) is 11.7. The molecule has 0 radical (unpaired) electrons. The van der Waals surface area contributed by atoms with Crippen LogP contribution in [0.25, 0.3) is 0 Å². The number of aromatic nitrogens is 1. The Bertz CT molecular complexity index is 1000. The van der Waals surface area contributed by atoms with E-state index in [0.717, 1.165) is 32.2 Å². The third-order valence-electron chi connectivity index (χ3n) is 5.70. The van der Waals surface area contributed by atoms with Crippen LogP contribution in [0.3, 0.4) is 0 Å². The van der Waals surface area contributed by atoms with Crippen LogP contribution in [0, 0.1) is 0 Å². The summed E-state index contributed by atoms with van der Waals surface area (Å²) in [5.41, 5.74) is 2.62. The highest BCUT2D eigenvalue weighted by molar-refractivity contribution is 7.14. The molecule has 3 aromatic rings. The van der Waals surface area contributed by atoms with E-state index in [0.29, 0.717) is 16.4 Å². The lowest BCUT2D eigenvalue weighted by Crippen LogP contribution is -2.44. The maximum Gasteiger partial charge on any atom is 0.257 e. The number of nitrogens with one attached hydrogen (secondary N) is 1. The first-order chi connectivity index (χ1) is 15.2. The SMILES string of the molecule is O=C(Nc1nc(CC(=O)N2CCCCC2CCc2ccccc2)cs1)c1ccccc1. The number of amides is 2. The predicted molar refractivity (Wildman–Crippen MR) is 124 cm³/mol. The molecule has 1 atom stereocenters. The monoisotopic (exact) mass is 433 g/mol. The third-order valence-corrected chi connectivity index (χ3v) is 6.50. The highest BCUT2D eigenvalue weighted by Gasteiger charge is 2.27. The summed E-state index contributed by atoms with van der Waals surface area (Å²) in [6.07, 6.45) is 5.55. The Labute approximate surface area is 187 Å². The summed E-state index contributed by atoms with van der Waals surface area (Å²) < 4.78 is 0. The standard InChI is InChI=1S/C25H27N3O2S/c29-23(28-16-8-7-13-22(28)15-14-19-9-3-1-4-10-19)17-21-18-31-25(26-21)27-24(30)20-11-5-2-6-12-20/h1-6,9-12,18,22H,7-8,13-17H2,(H,26,27,30). The molecular formula is C25H27N3O2S. The molecule has 2 amide bonds. The molecule has 1 N–H and O–H groups in total. The quantitative estimate of drug-likeness (QED) is 0.573. The summed E-state index contributed by atoms with van der Waals surface area (Å²) >= 11 is 1.36. The summed E-state index contributed by atoms with van der Waals surface area (Å²) in [6.45, 7) is 0.819. The molecule has 1 aromatic heterocycles. The zero-order valence-corrected chi connectivity index (χ0v) is 18.3. The van der Waals surface area contributed by atoms with Crippen LogP contribution in [0.1, 0.15) is 47.3 Å². The maximum absolute atomic E-state index is 13.0. The Balaban J connectivity index is 1.34. The van der Waals surface area contributed by atoms with Crippen molar-refractivity contribution >= 4 is 28.3 Å². The van der Waals surface area contributed by atoms with E-state index in [1.807, 2.05) is 34.5 Å². The molecular weight excluding hydrogens is 406 g/mol. The third kappa shape index (κ3) is 5.79. The number of thiazole rings is 1. The summed E-state index contributed by atoms with van der Waals surface area (Å²) in [4.78, 5) is 31.9. The molecule has 2 aromatic carbocycles. The lowest BCUT2D eigenvalue weighted by Gasteiger charge is -2.36. The molecule has 4 rings (SSSR count). The highest BCUT2D eigenvalue weighted by atomic mass is 32.1. The summed E-state index contributed by atoms with van der Waals surface area (Å²) in [5.74, 6) is -0.0613. The second-order valence-corrected chi connectivity index (χ2v) is 8.76. The average molecular weight is 434 g/mol. The molecule has 31 heavy (non-hydrogen) atoms. The zero-order chi connectivity index (χ0) is 21.5. The van der Waals surface area contributed by atoms with Crippen LogP contribution in [0.2, 0.25) is 0 Å². The van der Waals surface area contributed by atoms with E-state index in [1.54, 1.807) is 12.1 Å². The van der Waals surface area contributed by atoms with Gasteiger partial charge < -0.3 is 4.90 Å². The molecule has 0 bridgehead atoms. The minimum absolute atomic E-state index is 0.129. The number of carbonyl (C=O) groups is 2. The minimum atomic E-state index is -0.190. The number of piperidine rings is 1. The van der Waals surface area contributed by atoms with Gasteiger partial charge in [0.05, 0.1) is 12.1 Å². The van der Waals surface area contributed by atoms with E-state index in [9.17, 15) is 9.59 Å². The molecule has 0 aliphatic carbocycles. The largest absolute Gasteiger partial charge is 0.339 e. The fourth-order valence-electron chi connectivity index (χ4n) is 4.07. The number of likely N-dealkylation sites (tertiary alicyclic amines) is 1. The van der Waals surface area contributed by atoms with Crippen molar-refractivity contribution in [1.82, 2.24) is 9.88 Å². The number of nitrogens with zero attached hydrogens (tertiary/aromatic N) is 2. The van der Waals surface area contributed by atoms with E-state index >= 15 is 0 Å². The topological polar surface area (TPSA) is 62.3 Å². The summed E-state index contributed by atoms with van der Waals surface area (Å²) in [6, 6.07) is 19.8. The number of rotatable bonds is 7. The smallest absolute Gasteiger partial charge is 0.257 e. The van der Waals surface area contributed by atoms with Gasteiger partial charge in [-0.15, -0.1) is 11.3 Å². The van der Waals surface area contributed by atoms with Crippen molar-refractivity contribution in [2.75, 3.05) is 11.9 Å².